The van der Waals surface area contributed by atoms with Crippen LogP contribution in [0.2, 0.25) is 5.15 Å². The number of halogens is 3. The SMILES string of the molecule is Cc1cc(Cl)nc(NS(=O)(=O)C(F)F)n1. The molecule has 0 saturated carbocycles. The van der Waals surface area contributed by atoms with E-state index in [4.69, 9.17) is 11.6 Å². The second-order valence-electron chi connectivity index (χ2n) is 2.56. The molecule has 1 N–H and O–H groups in total. The molecule has 0 radical (unpaired) electrons. The third-order valence-corrected chi connectivity index (χ3v) is 2.42. The summed E-state index contributed by atoms with van der Waals surface area (Å²) >= 11 is 5.49. The number of aryl methyl sites for hydroxylation is 1. The van der Waals surface area contributed by atoms with Crippen molar-refractivity contribution in [3.63, 3.8) is 0 Å². The van der Waals surface area contributed by atoms with Gasteiger partial charge in [-0.3, -0.25) is 0 Å². The van der Waals surface area contributed by atoms with Crippen LogP contribution in [-0.4, -0.2) is 24.1 Å². The highest BCUT2D eigenvalue weighted by Crippen LogP contribution is 2.13. The zero-order valence-electron chi connectivity index (χ0n) is 7.41. The maximum atomic E-state index is 12.0. The maximum absolute atomic E-state index is 12.0. The van der Waals surface area contributed by atoms with Crippen molar-refractivity contribution in [2.75, 3.05) is 4.72 Å². The summed E-state index contributed by atoms with van der Waals surface area (Å²) in [6.45, 7) is 1.52. The first-order valence-electron chi connectivity index (χ1n) is 3.62. The van der Waals surface area contributed by atoms with E-state index in [1.165, 1.54) is 17.7 Å². The molecule has 1 rings (SSSR count). The van der Waals surface area contributed by atoms with Crippen LogP contribution < -0.4 is 4.72 Å². The van der Waals surface area contributed by atoms with Crippen molar-refractivity contribution in [3.8, 4) is 0 Å². The van der Waals surface area contributed by atoms with Crippen LogP contribution in [0.15, 0.2) is 6.07 Å². The fourth-order valence-electron chi connectivity index (χ4n) is 0.748. The first-order chi connectivity index (χ1) is 6.81. The van der Waals surface area contributed by atoms with Crippen molar-refractivity contribution >= 4 is 27.6 Å². The summed E-state index contributed by atoms with van der Waals surface area (Å²) in [7, 11) is -4.75. The molecule has 0 aromatic carbocycles. The smallest absolute Gasteiger partial charge is 0.246 e. The summed E-state index contributed by atoms with van der Waals surface area (Å²) < 4.78 is 46.9. The van der Waals surface area contributed by atoms with E-state index in [2.05, 4.69) is 9.97 Å². The summed E-state index contributed by atoms with van der Waals surface area (Å²) in [4.78, 5) is 7.01. The Hall–Kier alpha value is -1.02. The summed E-state index contributed by atoms with van der Waals surface area (Å²) in [6, 6.07) is 1.36. The standard InChI is InChI=1S/C6H6ClF2N3O2S/c1-3-2-4(7)11-6(10-3)12-15(13,14)5(8)9/h2,5H,1H3,(H,10,11,12). The highest BCUT2D eigenvalue weighted by molar-refractivity contribution is 7.92. The van der Waals surface area contributed by atoms with E-state index in [-0.39, 0.29) is 5.15 Å². The molecule has 0 unspecified atom stereocenters. The van der Waals surface area contributed by atoms with Crippen molar-refractivity contribution in [1.29, 1.82) is 0 Å². The molecule has 0 aliphatic rings. The third-order valence-electron chi connectivity index (χ3n) is 1.29. The van der Waals surface area contributed by atoms with Gasteiger partial charge < -0.3 is 0 Å². The molecule has 1 aromatic rings. The normalized spacial score (nSPS) is 11.8. The molecule has 0 saturated heterocycles. The van der Waals surface area contributed by atoms with Crippen molar-refractivity contribution in [3.05, 3.63) is 16.9 Å². The minimum absolute atomic E-state index is 0.0329. The third kappa shape index (κ3) is 3.24. The molecule has 15 heavy (non-hydrogen) atoms. The van der Waals surface area contributed by atoms with Gasteiger partial charge >= 0.3 is 5.76 Å². The summed E-state index contributed by atoms with van der Waals surface area (Å²) in [5, 5.41) is -0.0329. The van der Waals surface area contributed by atoms with Crippen LogP contribution in [-0.2, 0) is 10.0 Å². The molecular weight excluding hydrogens is 252 g/mol. The van der Waals surface area contributed by atoms with Gasteiger partial charge in [0.2, 0.25) is 5.95 Å². The van der Waals surface area contributed by atoms with E-state index in [1.54, 1.807) is 0 Å². The molecule has 0 bridgehead atoms. The number of aromatic nitrogens is 2. The molecule has 5 nitrogen and oxygen atoms in total. The van der Waals surface area contributed by atoms with E-state index in [0.29, 0.717) is 5.69 Å². The molecule has 1 aromatic heterocycles. The molecule has 84 valence electrons. The van der Waals surface area contributed by atoms with E-state index >= 15 is 0 Å². The zero-order chi connectivity index (χ0) is 11.6. The molecule has 9 heteroatoms. The quantitative estimate of drug-likeness (QED) is 0.831. The minimum Gasteiger partial charge on any atom is -0.246 e. The first-order valence-corrected chi connectivity index (χ1v) is 5.54. The number of hydrogen-bond donors (Lipinski definition) is 1. The lowest BCUT2D eigenvalue weighted by Crippen LogP contribution is -2.22. The van der Waals surface area contributed by atoms with Crippen molar-refractivity contribution in [2.45, 2.75) is 12.7 Å². The molecular formula is C6H6ClF2N3O2S. The lowest BCUT2D eigenvalue weighted by Gasteiger charge is -2.05. The summed E-state index contributed by atoms with van der Waals surface area (Å²) in [6.07, 6.45) is 0. The topological polar surface area (TPSA) is 72.0 Å². The molecule has 0 aliphatic carbocycles. The highest BCUT2D eigenvalue weighted by Gasteiger charge is 2.24. The van der Waals surface area contributed by atoms with Crippen LogP contribution in [0.25, 0.3) is 0 Å². The molecule has 0 fully saturated rings. The average molecular weight is 258 g/mol. The summed E-state index contributed by atoms with van der Waals surface area (Å²) in [5.41, 5.74) is 0.363. The second kappa shape index (κ2) is 4.23. The van der Waals surface area contributed by atoms with Crippen LogP contribution in [0, 0.1) is 6.92 Å². The van der Waals surface area contributed by atoms with Crippen LogP contribution in [0.5, 0.6) is 0 Å². The Balaban J connectivity index is 3.00. The van der Waals surface area contributed by atoms with Crippen LogP contribution in [0.3, 0.4) is 0 Å². The molecule has 1 heterocycles. The molecule has 0 spiro atoms. The fraction of sp³-hybridized carbons (Fsp3) is 0.333. The van der Waals surface area contributed by atoms with Crippen LogP contribution >= 0.6 is 11.6 Å². The van der Waals surface area contributed by atoms with E-state index in [9.17, 15) is 17.2 Å². The Morgan fingerprint density at radius 2 is 2.07 bits per heavy atom. The number of hydrogen-bond acceptors (Lipinski definition) is 4. The lowest BCUT2D eigenvalue weighted by molar-refractivity contribution is 0.236. The number of nitrogens with zero attached hydrogens (tertiary/aromatic N) is 2. The average Bonchev–Trinajstić information content (AvgIpc) is 1.99. The van der Waals surface area contributed by atoms with E-state index in [1.807, 2.05) is 0 Å². The first kappa shape index (κ1) is 12.1. The van der Waals surface area contributed by atoms with Crippen LogP contribution in [0.1, 0.15) is 5.69 Å². The van der Waals surface area contributed by atoms with Gasteiger partial charge in [-0.15, -0.1) is 0 Å². The number of rotatable bonds is 3. The number of anilines is 1. The Bertz CT molecular complexity index is 445. The maximum Gasteiger partial charge on any atom is 0.355 e. The van der Waals surface area contributed by atoms with E-state index in [0.717, 1.165) is 0 Å². The number of nitrogens with one attached hydrogen (secondary N) is 1. The van der Waals surface area contributed by atoms with Gasteiger partial charge in [-0.05, 0) is 13.0 Å². The van der Waals surface area contributed by atoms with Gasteiger partial charge in [0.15, 0.2) is 0 Å². The predicted octanol–water partition coefficient (Wildman–Crippen LogP) is 1.40. The van der Waals surface area contributed by atoms with Crippen molar-refractivity contribution < 1.29 is 17.2 Å². The predicted molar refractivity (Wildman–Crippen MR) is 50.3 cm³/mol. The largest absolute Gasteiger partial charge is 0.355 e. The Morgan fingerprint density at radius 1 is 1.47 bits per heavy atom. The van der Waals surface area contributed by atoms with Crippen molar-refractivity contribution in [2.24, 2.45) is 0 Å². The van der Waals surface area contributed by atoms with Gasteiger partial charge in [0.1, 0.15) is 5.15 Å². The monoisotopic (exact) mass is 257 g/mol. The minimum atomic E-state index is -4.75. The van der Waals surface area contributed by atoms with Crippen molar-refractivity contribution in [1.82, 2.24) is 9.97 Å². The van der Waals surface area contributed by atoms with E-state index < -0.39 is 21.7 Å². The van der Waals surface area contributed by atoms with Gasteiger partial charge in [0.25, 0.3) is 10.0 Å². The number of sulfonamides is 1. The van der Waals surface area contributed by atoms with Gasteiger partial charge in [-0.25, -0.2) is 23.1 Å². The Morgan fingerprint density at radius 3 is 2.53 bits per heavy atom. The second-order valence-corrected chi connectivity index (χ2v) is 4.60. The van der Waals surface area contributed by atoms with Gasteiger partial charge in [-0.2, -0.15) is 8.78 Å². The molecule has 0 amide bonds. The zero-order valence-corrected chi connectivity index (χ0v) is 8.98. The van der Waals surface area contributed by atoms with Gasteiger partial charge in [-0.1, -0.05) is 11.6 Å². The Kier molecular flexibility index (Phi) is 3.40. The van der Waals surface area contributed by atoms with Gasteiger partial charge in [0, 0.05) is 5.69 Å². The number of alkyl halides is 2. The highest BCUT2D eigenvalue weighted by atomic mass is 35.5. The van der Waals surface area contributed by atoms with Crippen LogP contribution in [0.4, 0.5) is 14.7 Å². The van der Waals surface area contributed by atoms with Gasteiger partial charge in [0.05, 0.1) is 0 Å². The molecule has 0 aliphatic heterocycles. The molecule has 0 atom stereocenters. The lowest BCUT2D eigenvalue weighted by atomic mass is 10.5. The Labute approximate surface area is 89.5 Å². The fourth-order valence-corrected chi connectivity index (χ4v) is 1.42. The summed E-state index contributed by atoms with van der Waals surface area (Å²) in [5.74, 6) is -4.01.